The molecule has 0 saturated carbocycles. The van der Waals surface area contributed by atoms with Gasteiger partial charge in [0.05, 0.1) is 13.2 Å². The van der Waals surface area contributed by atoms with Crippen LogP contribution >= 0.6 is 12.4 Å². The minimum absolute atomic E-state index is 0. The predicted molar refractivity (Wildman–Crippen MR) is 89.6 cm³/mol. The van der Waals surface area contributed by atoms with Crippen molar-refractivity contribution in [1.82, 2.24) is 4.90 Å². The molecule has 7 nitrogen and oxygen atoms in total. The van der Waals surface area contributed by atoms with Crippen LogP contribution in [0.2, 0.25) is 0 Å². The molecule has 4 N–H and O–H groups in total. The molecular formula is C15H20ClFN4O3. The van der Waals surface area contributed by atoms with Crippen LogP contribution in [0, 0.1) is 5.82 Å². The first-order valence-electron chi connectivity index (χ1n) is 7.02. The van der Waals surface area contributed by atoms with Crippen LogP contribution in [0.5, 0.6) is 0 Å². The van der Waals surface area contributed by atoms with Crippen LogP contribution in [0.3, 0.4) is 0 Å². The summed E-state index contributed by atoms with van der Waals surface area (Å²) in [5.74, 6) is -1.85. The van der Waals surface area contributed by atoms with Crippen LogP contribution < -0.4 is 11.5 Å². The van der Waals surface area contributed by atoms with Crippen molar-refractivity contribution in [2.24, 2.45) is 16.5 Å². The number of rotatable bonds is 5. The van der Waals surface area contributed by atoms with E-state index >= 15 is 0 Å². The zero-order valence-corrected chi connectivity index (χ0v) is 14.2. The molecule has 0 spiro atoms. The lowest BCUT2D eigenvalue weighted by molar-refractivity contribution is -0.126. The Kier molecular flexibility index (Phi) is 6.28. The fraction of sp³-hybridized carbons (Fsp3) is 0.400. The van der Waals surface area contributed by atoms with Crippen LogP contribution in [0.4, 0.5) is 4.39 Å². The lowest BCUT2D eigenvalue weighted by Crippen LogP contribution is -2.53. The number of amidine groups is 1. The van der Waals surface area contributed by atoms with E-state index in [1.165, 1.54) is 24.1 Å². The Hall–Kier alpha value is -2.19. The normalized spacial score (nSPS) is 20.4. The summed E-state index contributed by atoms with van der Waals surface area (Å²) in [5.41, 5.74) is 10.2. The average molecular weight is 359 g/mol. The first-order valence-corrected chi connectivity index (χ1v) is 7.02. The summed E-state index contributed by atoms with van der Waals surface area (Å²) >= 11 is 0. The molecule has 0 aromatic heterocycles. The summed E-state index contributed by atoms with van der Waals surface area (Å²) in [4.78, 5) is 29.0. The van der Waals surface area contributed by atoms with Gasteiger partial charge in [0.15, 0.2) is 5.84 Å². The second-order valence-electron chi connectivity index (χ2n) is 5.55. The van der Waals surface area contributed by atoms with E-state index in [0.717, 1.165) is 6.07 Å². The first kappa shape index (κ1) is 19.9. The molecule has 2 rings (SSSR count). The van der Waals surface area contributed by atoms with E-state index in [1.54, 1.807) is 6.92 Å². The zero-order valence-electron chi connectivity index (χ0n) is 13.4. The lowest BCUT2D eigenvalue weighted by atomic mass is 9.88. The van der Waals surface area contributed by atoms with E-state index in [2.05, 4.69) is 4.99 Å². The molecule has 0 aliphatic carbocycles. The Labute approximate surface area is 145 Å². The third kappa shape index (κ3) is 3.82. The average Bonchev–Trinajstić information content (AvgIpc) is 2.49. The number of halogens is 2. The molecular weight excluding hydrogens is 339 g/mol. The highest BCUT2D eigenvalue weighted by atomic mass is 35.5. The standard InChI is InChI=1S/C15H19FN4O3.ClH/c1-15(10-7-9(13(18)21)3-4-11(10)16)8-20(5-6-23-2)14(22)12(17)19-15;/h3-4,7H,5-6,8H2,1-2H3,(H2,17,19)(H2,18,21);1H. The highest BCUT2D eigenvalue weighted by molar-refractivity contribution is 6.37. The minimum atomic E-state index is -1.11. The second-order valence-corrected chi connectivity index (χ2v) is 5.55. The third-order valence-corrected chi connectivity index (χ3v) is 3.77. The van der Waals surface area contributed by atoms with E-state index < -0.39 is 23.2 Å². The Balaban J connectivity index is 0.00000288. The summed E-state index contributed by atoms with van der Waals surface area (Å²) in [5, 5.41) is 0. The molecule has 24 heavy (non-hydrogen) atoms. The van der Waals surface area contributed by atoms with Crippen molar-refractivity contribution in [3.8, 4) is 0 Å². The molecule has 1 aromatic rings. The monoisotopic (exact) mass is 358 g/mol. The molecule has 0 bridgehead atoms. The summed E-state index contributed by atoms with van der Waals surface area (Å²) in [7, 11) is 1.51. The van der Waals surface area contributed by atoms with Gasteiger partial charge in [0.1, 0.15) is 11.4 Å². The van der Waals surface area contributed by atoms with Gasteiger partial charge in [-0.1, -0.05) is 0 Å². The van der Waals surface area contributed by atoms with E-state index in [1.807, 2.05) is 0 Å². The number of nitrogens with two attached hydrogens (primary N) is 2. The van der Waals surface area contributed by atoms with Crippen molar-refractivity contribution < 1.29 is 18.7 Å². The van der Waals surface area contributed by atoms with E-state index in [9.17, 15) is 14.0 Å². The van der Waals surface area contributed by atoms with Crippen LogP contribution in [0.15, 0.2) is 23.2 Å². The van der Waals surface area contributed by atoms with Gasteiger partial charge in [-0.3, -0.25) is 14.6 Å². The fourth-order valence-corrected chi connectivity index (χ4v) is 2.57. The van der Waals surface area contributed by atoms with Crippen LogP contribution in [-0.4, -0.2) is 49.4 Å². The molecule has 2 amide bonds. The van der Waals surface area contributed by atoms with Gasteiger partial charge in [0.25, 0.3) is 5.91 Å². The third-order valence-electron chi connectivity index (χ3n) is 3.77. The number of aliphatic imine (C=N–C) groups is 1. The maximum atomic E-state index is 14.3. The molecule has 0 saturated heterocycles. The molecule has 1 heterocycles. The Morgan fingerprint density at radius 1 is 1.50 bits per heavy atom. The van der Waals surface area contributed by atoms with Gasteiger partial charge in [-0.2, -0.15) is 0 Å². The predicted octanol–water partition coefficient (Wildman–Crippen LogP) is 0.407. The van der Waals surface area contributed by atoms with Crippen molar-refractivity contribution >= 4 is 30.1 Å². The smallest absolute Gasteiger partial charge is 0.288 e. The van der Waals surface area contributed by atoms with Crippen molar-refractivity contribution in [1.29, 1.82) is 0 Å². The highest BCUT2D eigenvalue weighted by Gasteiger charge is 2.39. The number of methoxy groups -OCH3 is 1. The zero-order chi connectivity index (χ0) is 17.2. The summed E-state index contributed by atoms with van der Waals surface area (Å²) < 4.78 is 19.2. The number of hydrogen-bond donors (Lipinski definition) is 2. The van der Waals surface area contributed by atoms with Crippen LogP contribution in [-0.2, 0) is 15.1 Å². The molecule has 1 aliphatic heterocycles. The summed E-state index contributed by atoms with van der Waals surface area (Å²) in [6.45, 7) is 2.39. The number of amides is 2. The SMILES string of the molecule is COCCN1CC(C)(c2cc(C(N)=O)ccc2F)N=C(N)C1=O.Cl. The number of nitrogens with zero attached hydrogens (tertiary/aromatic N) is 2. The van der Waals surface area contributed by atoms with Gasteiger partial charge in [0.2, 0.25) is 5.91 Å². The van der Waals surface area contributed by atoms with Crippen LogP contribution in [0.1, 0.15) is 22.8 Å². The second kappa shape index (κ2) is 7.59. The minimum Gasteiger partial charge on any atom is -0.383 e. The number of primary amides is 1. The van der Waals surface area contributed by atoms with Gasteiger partial charge in [-0.25, -0.2) is 4.39 Å². The van der Waals surface area contributed by atoms with E-state index in [0.29, 0.717) is 13.2 Å². The van der Waals surface area contributed by atoms with E-state index in [4.69, 9.17) is 16.2 Å². The maximum absolute atomic E-state index is 14.3. The number of carbonyl (C=O) groups is 2. The number of ether oxygens (including phenoxy) is 1. The quantitative estimate of drug-likeness (QED) is 0.793. The number of hydrogen-bond acceptors (Lipinski definition) is 5. The molecule has 1 aromatic carbocycles. The largest absolute Gasteiger partial charge is 0.383 e. The molecule has 0 fully saturated rings. The molecule has 0 radical (unpaired) electrons. The van der Waals surface area contributed by atoms with Crippen LogP contribution in [0.25, 0.3) is 0 Å². The van der Waals surface area contributed by atoms with Gasteiger partial charge in [0, 0.05) is 24.8 Å². The Bertz CT molecular complexity index is 683. The molecule has 1 atom stereocenters. The Morgan fingerprint density at radius 3 is 2.75 bits per heavy atom. The lowest BCUT2D eigenvalue weighted by Gasteiger charge is -2.37. The van der Waals surface area contributed by atoms with Gasteiger partial charge in [-0.15, -0.1) is 12.4 Å². The van der Waals surface area contributed by atoms with Gasteiger partial charge in [-0.05, 0) is 25.1 Å². The summed E-state index contributed by atoms with van der Waals surface area (Å²) in [6.07, 6.45) is 0. The van der Waals surface area contributed by atoms with Crippen molar-refractivity contribution in [3.63, 3.8) is 0 Å². The van der Waals surface area contributed by atoms with Crippen molar-refractivity contribution in [2.75, 3.05) is 26.8 Å². The van der Waals surface area contributed by atoms with E-state index in [-0.39, 0.29) is 35.9 Å². The highest BCUT2D eigenvalue weighted by Crippen LogP contribution is 2.32. The number of carbonyl (C=O) groups excluding carboxylic acids is 2. The molecule has 132 valence electrons. The molecule has 9 heteroatoms. The van der Waals surface area contributed by atoms with Gasteiger partial charge < -0.3 is 21.1 Å². The molecule has 1 unspecified atom stereocenters. The fourth-order valence-electron chi connectivity index (χ4n) is 2.57. The molecule has 1 aliphatic rings. The maximum Gasteiger partial charge on any atom is 0.288 e. The van der Waals surface area contributed by atoms with Crippen molar-refractivity contribution in [3.05, 3.63) is 35.1 Å². The van der Waals surface area contributed by atoms with Gasteiger partial charge >= 0.3 is 0 Å². The van der Waals surface area contributed by atoms with Crippen molar-refractivity contribution in [2.45, 2.75) is 12.5 Å². The topological polar surface area (TPSA) is 111 Å². The summed E-state index contributed by atoms with van der Waals surface area (Å²) in [6, 6.07) is 3.80. The number of benzene rings is 1. The first-order chi connectivity index (χ1) is 10.8. The Morgan fingerprint density at radius 2 is 2.17 bits per heavy atom.